The first-order valence-electron chi connectivity index (χ1n) is 9.10. The molecule has 0 unspecified atom stereocenters. The number of nitrogens with one attached hydrogen (secondary N) is 1. The maximum atomic E-state index is 12.4. The van der Waals surface area contributed by atoms with Gasteiger partial charge in [-0.1, -0.05) is 12.1 Å². The lowest BCUT2D eigenvalue weighted by Crippen LogP contribution is -2.32. The van der Waals surface area contributed by atoms with Gasteiger partial charge in [0, 0.05) is 5.69 Å². The van der Waals surface area contributed by atoms with Gasteiger partial charge < -0.3 is 10.1 Å². The highest BCUT2D eigenvalue weighted by Crippen LogP contribution is 2.28. The van der Waals surface area contributed by atoms with Crippen LogP contribution < -0.4 is 5.32 Å². The molecule has 1 amide bonds. The number of esters is 1. The molecule has 0 radical (unpaired) electrons. The lowest BCUT2D eigenvalue weighted by molar-refractivity contribution is -0.117. The SMILES string of the molecule is CCOC(=O)c1ccc(NC(=O)CN(C)[C@@H](C)c2nc3ccccc3s2)cc1. The molecular formula is C21H23N3O3S. The van der Waals surface area contributed by atoms with Crippen LogP contribution in [0.2, 0.25) is 0 Å². The Morgan fingerprint density at radius 2 is 1.89 bits per heavy atom. The molecule has 0 bridgehead atoms. The molecule has 7 heteroatoms. The van der Waals surface area contributed by atoms with Crippen molar-refractivity contribution in [2.24, 2.45) is 0 Å². The molecular weight excluding hydrogens is 374 g/mol. The molecule has 0 aliphatic heterocycles. The van der Waals surface area contributed by atoms with E-state index in [2.05, 4.69) is 16.4 Å². The fourth-order valence-electron chi connectivity index (χ4n) is 2.73. The number of para-hydroxylation sites is 1. The fourth-order valence-corrected chi connectivity index (χ4v) is 3.81. The van der Waals surface area contributed by atoms with Crippen molar-refractivity contribution in [3.63, 3.8) is 0 Å². The van der Waals surface area contributed by atoms with Gasteiger partial charge in [-0.2, -0.15) is 0 Å². The van der Waals surface area contributed by atoms with E-state index in [0.29, 0.717) is 17.9 Å². The van der Waals surface area contributed by atoms with Crippen molar-refractivity contribution in [1.82, 2.24) is 9.88 Å². The van der Waals surface area contributed by atoms with Gasteiger partial charge in [0.05, 0.1) is 35.0 Å². The monoisotopic (exact) mass is 397 g/mol. The van der Waals surface area contributed by atoms with E-state index in [1.807, 2.05) is 37.1 Å². The number of nitrogens with zero attached hydrogens (tertiary/aromatic N) is 2. The average Bonchev–Trinajstić information content (AvgIpc) is 3.12. The molecule has 0 aliphatic rings. The summed E-state index contributed by atoms with van der Waals surface area (Å²) in [4.78, 5) is 30.7. The second kappa shape index (κ2) is 8.95. The summed E-state index contributed by atoms with van der Waals surface area (Å²) in [6, 6.07) is 14.7. The highest BCUT2D eigenvalue weighted by Gasteiger charge is 2.18. The Morgan fingerprint density at radius 1 is 1.18 bits per heavy atom. The maximum Gasteiger partial charge on any atom is 0.338 e. The number of amides is 1. The third-order valence-electron chi connectivity index (χ3n) is 4.40. The number of fused-ring (bicyclic) bond motifs is 1. The fraction of sp³-hybridized carbons (Fsp3) is 0.286. The van der Waals surface area contributed by atoms with E-state index in [0.717, 1.165) is 15.2 Å². The predicted molar refractivity (Wildman–Crippen MR) is 112 cm³/mol. The highest BCUT2D eigenvalue weighted by molar-refractivity contribution is 7.18. The molecule has 6 nitrogen and oxygen atoms in total. The molecule has 28 heavy (non-hydrogen) atoms. The quantitative estimate of drug-likeness (QED) is 0.608. The summed E-state index contributed by atoms with van der Waals surface area (Å²) < 4.78 is 6.10. The number of thiazole rings is 1. The van der Waals surface area contributed by atoms with Crippen molar-refractivity contribution in [3.05, 3.63) is 59.1 Å². The second-order valence-electron chi connectivity index (χ2n) is 6.46. The Morgan fingerprint density at radius 3 is 2.57 bits per heavy atom. The molecule has 0 fully saturated rings. The van der Waals surface area contributed by atoms with Crippen LogP contribution in [0.4, 0.5) is 5.69 Å². The van der Waals surface area contributed by atoms with E-state index in [1.54, 1.807) is 42.5 Å². The van der Waals surface area contributed by atoms with Crippen LogP contribution in [0.5, 0.6) is 0 Å². The van der Waals surface area contributed by atoms with Gasteiger partial charge in [-0.3, -0.25) is 9.69 Å². The van der Waals surface area contributed by atoms with E-state index in [1.165, 1.54) is 0 Å². The van der Waals surface area contributed by atoms with E-state index in [9.17, 15) is 9.59 Å². The van der Waals surface area contributed by atoms with Crippen LogP contribution in [0.3, 0.4) is 0 Å². The molecule has 3 aromatic rings. The molecule has 0 aliphatic carbocycles. The summed E-state index contributed by atoms with van der Waals surface area (Å²) in [5.41, 5.74) is 2.08. The Labute approximate surface area is 168 Å². The van der Waals surface area contributed by atoms with Crippen molar-refractivity contribution in [2.45, 2.75) is 19.9 Å². The van der Waals surface area contributed by atoms with Crippen LogP contribution >= 0.6 is 11.3 Å². The first-order valence-corrected chi connectivity index (χ1v) is 9.92. The third-order valence-corrected chi connectivity index (χ3v) is 5.61. The van der Waals surface area contributed by atoms with E-state index in [4.69, 9.17) is 4.74 Å². The van der Waals surface area contributed by atoms with E-state index >= 15 is 0 Å². The highest BCUT2D eigenvalue weighted by atomic mass is 32.1. The molecule has 0 saturated heterocycles. The predicted octanol–water partition coefficient (Wildman–Crippen LogP) is 4.10. The van der Waals surface area contributed by atoms with Crippen molar-refractivity contribution in [1.29, 1.82) is 0 Å². The van der Waals surface area contributed by atoms with Gasteiger partial charge in [-0.25, -0.2) is 9.78 Å². The number of hydrogen-bond donors (Lipinski definition) is 1. The number of benzene rings is 2. The average molecular weight is 398 g/mol. The van der Waals surface area contributed by atoms with Gasteiger partial charge in [-0.15, -0.1) is 11.3 Å². The van der Waals surface area contributed by atoms with Gasteiger partial charge in [-0.05, 0) is 57.3 Å². The number of carbonyl (C=O) groups is 2. The summed E-state index contributed by atoms with van der Waals surface area (Å²) in [5.74, 6) is -0.496. The Hall–Kier alpha value is -2.77. The summed E-state index contributed by atoms with van der Waals surface area (Å²) in [6.07, 6.45) is 0. The lowest BCUT2D eigenvalue weighted by atomic mass is 10.2. The van der Waals surface area contributed by atoms with Gasteiger partial charge in [0.15, 0.2) is 0 Å². The van der Waals surface area contributed by atoms with E-state index in [-0.39, 0.29) is 24.5 Å². The number of ether oxygens (including phenoxy) is 1. The minimum Gasteiger partial charge on any atom is -0.462 e. The van der Waals surface area contributed by atoms with E-state index < -0.39 is 0 Å². The molecule has 1 N–H and O–H groups in total. The van der Waals surface area contributed by atoms with Gasteiger partial charge in [0.2, 0.25) is 5.91 Å². The summed E-state index contributed by atoms with van der Waals surface area (Å²) >= 11 is 1.64. The smallest absolute Gasteiger partial charge is 0.338 e. The van der Waals surface area contributed by atoms with Crippen LogP contribution in [-0.4, -0.2) is 42.0 Å². The molecule has 0 saturated carbocycles. The number of carbonyl (C=O) groups excluding carboxylic acids is 2. The van der Waals surface area contributed by atoms with Crippen LogP contribution in [0.25, 0.3) is 10.2 Å². The Bertz CT molecular complexity index is 935. The molecule has 1 aromatic heterocycles. The lowest BCUT2D eigenvalue weighted by Gasteiger charge is -2.22. The summed E-state index contributed by atoms with van der Waals surface area (Å²) in [6.45, 7) is 4.37. The van der Waals surface area contributed by atoms with Crippen LogP contribution in [0, 0.1) is 0 Å². The number of aromatic nitrogens is 1. The second-order valence-corrected chi connectivity index (χ2v) is 7.52. The normalized spacial score (nSPS) is 12.1. The van der Waals surface area contributed by atoms with Crippen molar-refractivity contribution >= 4 is 39.1 Å². The molecule has 2 aromatic carbocycles. The van der Waals surface area contributed by atoms with Gasteiger partial charge in [0.1, 0.15) is 5.01 Å². The minimum absolute atomic E-state index is 0.0225. The largest absolute Gasteiger partial charge is 0.462 e. The zero-order chi connectivity index (χ0) is 20.1. The maximum absolute atomic E-state index is 12.4. The summed E-state index contributed by atoms with van der Waals surface area (Å²) in [5, 5.41) is 3.84. The van der Waals surface area contributed by atoms with Gasteiger partial charge >= 0.3 is 5.97 Å². The molecule has 0 spiro atoms. The summed E-state index contributed by atoms with van der Waals surface area (Å²) in [7, 11) is 1.90. The number of anilines is 1. The zero-order valence-corrected chi connectivity index (χ0v) is 17.0. The molecule has 146 valence electrons. The topological polar surface area (TPSA) is 71.5 Å². The molecule has 3 rings (SSSR count). The third kappa shape index (κ3) is 4.74. The Kier molecular flexibility index (Phi) is 6.38. The van der Waals surface area contributed by atoms with Crippen molar-refractivity contribution < 1.29 is 14.3 Å². The van der Waals surface area contributed by atoms with Crippen molar-refractivity contribution in [3.8, 4) is 0 Å². The number of rotatable bonds is 7. The standard InChI is InChI=1S/C21H23N3O3S/c1-4-27-21(26)15-9-11-16(12-10-15)22-19(25)13-24(3)14(2)20-23-17-7-5-6-8-18(17)28-20/h5-12,14H,4,13H2,1-3H3,(H,22,25)/t14-/m0/s1. The number of likely N-dealkylation sites (N-methyl/N-ethyl adjacent to an activating group) is 1. The van der Waals surface area contributed by atoms with Crippen LogP contribution in [0.1, 0.15) is 35.3 Å². The van der Waals surface area contributed by atoms with Crippen LogP contribution in [0.15, 0.2) is 48.5 Å². The minimum atomic E-state index is -0.371. The van der Waals surface area contributed by atoms with Gasteiger partial charge in [0.25, 0.3) is 0 Å². The first kappa shape index (κ1) is 20.0. The number of hydrogen-bond acceptors (Lipinski definition) is 6. The molecule has 1 heterocycles. The van der Waals surface area contributed by atoms with Crippen molar-refractivity contribution in [2.75, 3.05) is 25.5 Å². The zero-order valence-electron chi connectivity index (χ0n) is 16.1. The van der Waals surface area contributed by atoms with Crippen LogP contribution in [-0.2, 0) is 9.53 Å². The molecule has 1 atom stereocenters. The Balaban J connectivity index is 1.58. The first-order chi connectivity index (χ1) is 13.5.